The Morgan fingerprint density at radius 3 is 2.71 bits per heavy atom. The Bertz CT molecular complexity index is 477. The van der Waals surface area contributed by atoms with Crippen LogP contribution in [0.15, 0.2) is 36.9 Å². The Morgan fingerprint density at radius 1 is 1.35 bits per heavy atom. The average molecular weight is 231 g/mol. The second kappa shape index (κ2) is 5.22. The third-order valence-electron chi connectivity index (χ3n) is 2.42. The lowest BCUT2D eigenvalue weighted by molar-refractivity contribution is -0.121. The standard InChI is InChI=1S/C11H13N5O/c12-15-11(17)6-3-9-1-4-10(5-2-9)16-8-13-7-14-16/h1-2,4-5,7-8H,3,6,12H2,(H,15,17). The van der Waals surface area contributed by atoms with Gasteiger partial charge < -0.3 is 0 Å². The molecule has 0 spiro atoms. The molecular weight excluding hydrogens is 218 g/mol. The smallest absolute Gasteiger partial charge is 0.234 e. The quantitative estimate of drug-likeness (QED) is 0.447. The lowest BCUT2D eigenvalue weighted by Crippen LogP contribution is -2.30. The van der Waals surface area contributed by atoms with Gasteiger partial charge in [-0.1, -0.05) is 12.1 Å². The number of nitrogens with two attached hydrogens (primary N) is 1. The Labute approximate surface area is 98.4 Å². The van der Waals surface area contributed by atoms with Crippen LogP contribution in [0.3, 0.4) is 0 Å². The Balaban J connectivity index is 2.01. The van der Waals surface area contributed by atoms with E-state index in [-0.39, 0.29) is 5.91 Å². The summed E-state index contributed by atoms with van der Waals surface area (Å²) in [6, 6.07) is 7.79. The number of aromatic nitrogens is 3. The van der Waals surface area contributed by atoms with Crippen molar-refractivity contribution in [3.8, 4) is 5.69 Å². The van der Waals surface area contributed by atoms with Gasteiger partial charge in [0.1, 0.15) is 12.7 Å². The van der Waals surface area contributed by atoms with Crippen LogP contribution in [0.5, 0.6) is 0 Å². The van der Waals surface area contributed by atoms with Gasteiger partial charge in [0.25, 0.3) is 0 Å². The molecule has 1 aromatic carbocycles. The minimum Gasteiger partial charge on any atom is -0.294 e. The Kier molecular flexibility index (Phi) is 3.46. The van der Waals surface area contributed by atoms with Gasteiger partial charge in [-0.15, -0.1) is 0 Å². The van der Waals surface area contributed by atoms with E-state index in [9.17, 15) is 4.79 Å². The topological polar surface area (TPSA) is 85.8 Å². The van der Waals surface area contributed by atoms with E-state index in [1.54, 1.807) is 11.0 Å². The molecule has 6 nitrogen and oxygen atoms in total. The molecule has 0 aliphatic carbocycles. The van der Waals surface area contributed by atoms with E-state index in [4.69, 9.17) is 5.84 Å². The molecule has 0 atom stereocenters. The zero-order valence-electron chi connectivity index (χ0n) is 9.21. The van der Waals surface area contributed by atoms with Crippen molar-refractivity contribution in [3.63, 3.8) is 0 Å². The normalized spacial score (nSPS) is 10.2. The maximum Gasteiger partial charge on any atom is 0.234 e. The largest absolute Gasteiger partial charge is 0.294 e. The number of hydrogen-bond acceptors (Lipinski definition) is 4. The number of benzene rings is 1. The monoisotopic (exact) mass is 231 g/mol. The first kappa shape index (κ1) is 11.3. The second-order valence-electron chi connectivity index (χ2n) is 3.57. The molecule has 2 rings (SSSR count). The first-order valence-corrected chi connectivity index (χ1v) is 5.23. The number of rotatable bonds is 4. The molecule has 0 aliphatic rings. The van der Waals surface area contributed by atoms with Gasteiger partial charge in [0.2, 0.25) is 5.91 Å². The van der Waals surface area contributed by atoms with Crippen molar-refractivity contribution in [1.82, 2.24) is 20.2 Å². The van der Waals surface area contributed by atoms with E-state index in [1.165, 1.54) is 6.33 Å². The van der Waals surface area contributed by atoms with Crippen LogP contribution in [0, 0.1) is 0 Å². The molecule has 0 saturated carbocycles. The summed E-state index contributed by atoms with van der Waals surface area (Å²) in [7, 11) is 0. The molecule has 0 aliphatic heterocycles. The van der Waals surface area contributed by atoms with Crippen LogP contribution in [0.4, 0.5) is 0 Å². The Morgan fingerprint density at radius 2 is 2.12 bits per heavy atom. The van der Waals surface area contributed by atoms with E-state index in [0.29, 0.717) is 12.8 Å². The number of carbonyl (C=O) groups excluding carboxylic acids is 1. The van der Waals surface area contributed by atoms with Gasteiger partial charge in [-0.05, 0) is 24.1 Å². The highest BCUT2D eigenvalue weighted by atomic mass is 16.2. The van der Waals surface area contributed by atoms with Crippen molar-refractivity contribution in [2.24, 2.45) is 5.84 Å². The number of hydrogen-bond donors (Lipinski definition) is 2. The molecule has 0 fully saturated rings. The summed E-state index contributed by atoms with van der Waals surface area (Å²) in [5.41, 5.74) is 4.13. The van der Waals surface area contributed by atoms with Crippen LogP contribution < -0.4 is 11.3 Å². The van der Waals surface area contributed by atoms with E-state index < -0.39 is 0 Å². The molecule has 0 saturated heterocycles. The van der Waals surface area contributed by atoms with E-state index in [0.717, 1.165) is 11.3 Å². The molecule has 3 N–H and O–H groups in total. The molecule has 1 aromatic heterocycles. The van der Waals surface area contributed by atoms with Gasteiger partial charge in [-0.2, -0.15) is 5.10 Å². The number of nitrogens with zero attached hydrogens (tertiary/aromatic N) is 3. The summed E-state index contributed by atoms with van der Waals surface area (Å²) in [5.74, 6) is 4.84. The molecule has 1 amide bonds. The fourth-order valence-electron chi connectivity index (χ4n) is 1.49. The third-order valence-corrected chi connectivity index (χ3v) is 2.42. The lowest BCUT2D eigenvalue weighted by Gasteiger charge is -2.03. The fourth-order valence-corrected chi connectivity index (χ4v) is 1.49. The van der Waals surface area contributed by atoms with E-state index >= 15 is 0 Å². The van der Waals surface area contributed by atoms with Gasteiger partial charge in [0.15, 0.2) is 0 Å². The molecule has 6 heteroatoms. The molecule has 17 heavy (non-hydrogen) atoms. The molecule has 88 valence electrons. The van der Waals surface area contributed by atoms with Crippen LogP contribution in [-0.4, -0.2) is 20.7 Å². The van der Waals surface area contributed by atoms with Gasteiger partial charge in [0, 0.05) is 6.42 Å². The number of carbonyl (C=O) groups is 1. The summed E-state index contributed by atoms with van der Waals surface area (Å²) in [5, 5.41) is 4.03. The first-order valence-electron chi connectivity index (χ1n) is 5.23. The molecule has 0 unspecified atom stereocenters. The van der Waals surface area contributed by atoms with Crippen LogP contribution in [0.2, 0.25) is 0 Å². The van der Waals surface area contributed by atoms with Gasteiger partial charge in [0.05, 0.1) is 5.69 Å². The summed E-state index contributed by atoms with van der Waals surface area (Å²) in [4.78, 5) is 14.9. The van der Waals surface area contributed by atoms with Crippen LogP contribution in [0.25, 0.3) is 5.69 Å². The van der Waals surface area contributed by atoms with Crippen molar-refractivity contribution < 1.29 is 4.79 Å². The number of nitrogens with one attached hydrogen (secondary N) is 1. The average Bonchev–Trinajstić information content (AvgIpc) is 2.90. The summed E-state index contributed by atoms with van der Waals surface area (Å²) < 4.78 is 1.68. The number of aryl methyl sites for hydroxylation is 1. The highest BCUT2D eigenvalue weighted by Gasteiger charge is 2.01. The van der Waals surface area contributed by atoms with Crippen molar-refractivity contribution in [2.45, 2.75) is 12.8 Å². The van der Waals surface area contributed by atoms with Crippen molar-refractivity contribution in [3.05, 3.63) is 42.5 Å². The number of amides is 1. The summed E-state index contributed by atoms with van der Waals surface area (Å²) >= 11 is 0. The zero-order chi connectivity index (χ0) is 12.1. The summed E-state index contributed by atoms with van der Waals surface area (Å²) in [6.45, 7) is 0. The van der Waals surface area contributed by atoms with Gasteiger partial charge in [-0.25, -0.2) is 15.5 Å². The fraction of sp³-hybridized carbons (Fsp3) is 0.182. The molecule has 0 bridgehead atoms. The Hall–Kier alpha value is -2.21. The van der Waals surface area contributed by atoms with Crippen molar-refractivity contribution in [1.29, 1.82) is 0 Å². The number of hydrazine groups is 1. The third kappa shape index (κ3) is 2.88. The lowest BCUT2D eigenvalue weighted by atomic mass is 10.1. The van der Waals surface area contributed by atoms with E-state index in [1.807, 2.05) is 24.3 Å². The molecule has 0 radical (unpaired) electrons. The summed E-state index contributed by atoms with van der Waals surface area (Å²) in [6.07, 6.45) is 4.18. The van der Waals surface area contributed by atoms with Crippen molar-refractivity contribution >= 4 is 5.91 Å². The molecule has 2 aromatic rings. The van der Waals surface area contributed by atoms with Gasteiger partial charge >= 0.3 is 0 Å². The first-order chi connectivity index (χ1) is 8.29. The predicted octanol–water partition coefficient (Wildman–Crippen LogP) is 0.190. The SMILES string of the molecule is NNC(=O)CCc1ccc(-n2cncn2)cc1. The van der Waals surface area contributed by atoms with Crippen molar-refractivity contribution in [2.75, 3.05) is 0 Å². The molecule has 1 heterocycles. The van der Waals surface area contributed by atoms with Crippen LogP contribution in [0.1, 0.15) is 12.0 Å². The minimum absolute atomic E-state index is 0.162. The minimum atomic E-state index is -0.162. The van der Waals surface area contributed by atoms with Gasteiger partial charge in [-0.3, -0.25) is 10.2 Å². The van der Waals surface area contributed by atoms with Crippen LogP contribution >= 0.6 is 0 Å². The molecular formula is C11H13N5O. The van der Waals surface area contributed by atoms with Crippen LogP contribution in [-0.2, 0) is 11.2 Å². The second-order valence-corrected chi connectivity index (χ2v) is 3.57. The van der Waals surface area contributed by atoms with E-state index in [2.05, 4.69) is 15.5 Å². The highest BCUT2D eigenvalue weighted by molar-refractivity contribution is 5.75. The zero-order valence-corrected chi connectivity index (χ0v) is 9.21. The predicted molar refractivity (Wildman–Crippen MR) is 62.0 cm³/mol. The highest BCUT2D eigenvalue weighted by Crippen LogP contribution is 2.09. The maximum absolute atomic E-state index is 11.0. The maximum atomic E-state index is 11.0.